The van der Waals surface area contributed by atoms with Gasteiger partial charge in [-0.05, 0) is 185 Å². The van der Waals surface area contributed by atoms with E-state index >= 15 is 0 Å². The maximum Gasteiger partial charge on any atom is 0.0547 e. The molecule has 22 rings (SSSR count). The van der Waals surface area contributed by atoms with E-state index in [9.17, 15) is 0 Å². The third-order valence-corrected chi connectivity index (χ3v) is 21.8. The standard InChI is InChI=1S/2C50H32N2/c1-2-24-42-41(23-1)49(33-15-13-17-35(31-33)51-45-27-9-5-19-37(45)38-20-6-10-28-46(38)51)43-25-3-4-26-44(43)50(42)34-16-14-18-36(32-34)52-47-29-11-7-21-39(47)40-22-8-12-30-48(40)52;1-2-16-35(17-3-1)51-45-26-11-10-21-39(45)40-30-29-34(32-48(40)51)50-43-24-6-4-22-41(43)49(42-23-5-7-25-44(42)50)33-15-14-18-36(31-33)52-46-27-12-8-19-37(46)38-20-9-13-28-47(38)52/h2*1-32H. The van der Waals surface area contributed by atoms with Crippen LogP contribution in [0.2, 0.25) is 0 Å². The highest BCUT2D eigenvalue weighted by molar-refractivity contribution is 6.24. The van der Waals surface area contributed by atoms with Gasteiger partial charge in [0.1, 0.15) is 0 Å². The lowest BCUT2D eigenvalue weighted by atomic mass is 9.85. The molecule has 104 heavy (non-hydrogen) atoms. The summed E-state index contributed by atoms with van der Waals surface area (Å²) in [4.78, 5) is 0. The zero-order valence-corrected chi connectivity index (χ0v) is 56.7. The Morgan fingerprint density at radius 2 is 0.308 bits per heavy atom. The van der Waals surface area contributed by atoms with Crippen LogP contribution in [-0.2, 0) is 0 Å². The first-order valence-electron chi connectivity index (χ1n) is 35.9. The van der Waals surface area contributed by atoms with E-state index in [4.69, 9.17) is 0 Å². The normalized spacial score (nSPS) is 11.8. The van der Waals surface area contributed by atoms with Crippen LogP contribution in [0.3, 0.4) is 0 Å². The lowest BCUT2D eigenvalue weighted by Crippen LogP contribution is -1.96. The molecule has 0 unspecified atom stereocenters. The first kappa shape index (κ1) is 59.1. The number of benzene rings is 18. The molecule has 0 aliphatic heterocycles. The van der Waals surface area contributed by atoms with E-state index in [0.717, 1.165) is 17.1 Å². The predicted octanol–water partition coefficient (Wildman–Crippen LogP) is 27.0. The van der Waals surface area contributed by atoms with Crippen LogP contribution in [0.5, 0.6) is 0 Å². The van der Waals surface area contributed by atoms with Crippen molar-refractivity contribution < 1.29 is 0 Å². The Balaban J connectivity index is 0.000000134. The highest BCUT2D eigenvalue weighted by atomic mass is 15.0. The van der Waals surface area contributed by atoms with E-state index in [-0.39, 0.29) is 0 Å². The number of para-hydroxylation sites is 8. The SMILES string of the molecule is c1cc(-c2c3ccccc3c(-c3cccc(-n4c5ccccc5c5ccccc54)c3)c3ccccc23)cc(-n2c3ccccc3c3ccccc32)c1.c1ccc(-n2c3ccccc3c3ccc(-c4c5ccccc5c(-c5cccc(-n6c7ccccc7c7ccccc76)c5)c5ccccc45)cc32)cc1. The van der Waals surface area contributed by atoms with Crippen molar-refractivity contribution in [3.63, 3.8) is 0 Å². The average molecular weight is 1320 g/mol. The van der Waals surface area contributed by atoms with Crippen molar-refractivity contribution in [3.05, 3.63) is 388 Å². The molecule has 18 aromatic carbocycles. The number of rotatable bonds is 8. The van der Waals surface area contributed by atoms with Crippen LogP contribution >= 0.6 is 0 Å². The van der Waals surface area contributed by atoms with Gasteiger partial charge in [0.25, 0.3) is 0 Å². The maximum atomic E-state index is 2.41. The molecule has 0 atom stereocenters. The van der Waals surface area contributed by atoms with E-state index in [0.29, 0.717) is 0 Å². The Hall–Kier alpha value is -13.8. The summed E-state index contributed by atoms with van der Waals surface area (Å²) in [6.07, 6.45) is 0. The van der Waals surface area contributed by atoms with Crippen LogP contribution in [0, 0.1) is 0 Å². The average Bonchev–Trinajstić information content (AvgIpc) is 1.37. The van der Waals surface area contributed by atoms with Crippen molar-refractivity contribution in [3.8, 4) is 67.3 Å². The number of fused-ring (bicyclic) bond motifs is 16. The molecule has 0 amide bonds. The summed E-state index contributed by atoms with van der Waals surface area (Å²) in [5, 5.41) is 20.1. The van der Waals surface area contributed by atoms with Gasteiger partial charge in [0.05, 0.1) is 44.1 Å². The molecule has 0 aliphatic rings. The summed E-state index contributed by atoms with van der Waals surface area (Å²) in [6.45, 7) is 0. The number of aromatic nitrogens is 4. The first-order valence-corrected chi connectivity index (χ1v) is 35.9. The second-order valence-electron chi connectivity index (χ2n) is 27.4. The Labute approximate surface area is 600 Å². The second-order valence-corrected chi connectivity index (χ2v) is 27.4. The van der Waals surface area contributed by atoms with Crippen molar-refractivity contribution >= 4 is 130 Å². The third-order valence-electron chi connectivity index (χ3n) is 21.8. The van der Waals surface area contributed by atoms with Gasteiger partial charge < -0.3 is 18.3 Å². The molecule has 4 heteroatoms. The quantitative estimate of drug-likeness (QED) is 0.135. The molecule has 484 valence electrons. The summed E-state index contributed by atoms with van der Waals surface area (Å²) in [6, 6.07) is 142. The summed E-state index contributed by atoms with van der Waals surface area (Å²) in [7, 11) is 0. The van der Waals surface area contributed by atoms with Crippen LogP contribution < -0.4 is 0 Å². The summed E-state index contributed by atoms with van der Waals surface area (Å²) in [5.41, 5.74) is 24.2. The van der Waals surface area contributed by atoms with Gasteiger partial charge in [0.15, 0.2) is 0 Å². The molecule has 0 saturated heterocycles. The fourth-order valence-corrected chi connectivity index (χ4v) is 17.5. The highest BCUT2D eigenvalue weighted by Gasteiger charge is 2.23. The summed E-state index contributed by atoms with van der Waals surface area (Å²) < 4.78 is 9.64. The van der Waals surface area contributed by atoms with Gasteiger partial charge in [-0.15, -0.1) is 0 Å². The fraction of sp³-hybridized carbons (Fsp3) is 0. The minimum Gasteiger partial charge on any atom is -0.309 e. The molecule has 4 heterocycles. The van der Waals surface area contributed by atoms with Crippen LogP contribution in [0.1, 0.15) is 0 Å². The van der Waals surface area contributed by atoms with Gasteiger partial charge in [0.2, 0.25) is 0 Å². The van der Waals surface area contributed by atoms with Gasteiger partial charge in [-0.3, -0.25) is 0 Å². The smallest absolute Gasteiger partial charge is 0.0547 e. The van der Waals surface area contributed by atoms with E-state index in [1.807, 2.05) is 0 Å². The number of hydrogen-bond acceptors (Lipinski definition) is 0. The molecule has 0 fully saturated rings. The van der Waals surface area contributed by atoms with Crippen LogP contribution in [0.4, 0.5) is 0 Å². The zero-order chi connectivity index (χ0) is 68.3. The van der Waals surface area contributed by atoms with Gasteiger partial charge >= 0.3 is 0 Å². The number of nitrogens with zero attached hydrogens (tertiary/aromatic N) is 4. The monoisotopic (exact) mass is 1320 g/mol. The molecule has 0 radical (unpaired) electrons. The van der Waals surface area contributed by atoms with Crippen molar-refractivity contribution in [2.24, 2.45) is 0 Å². The van der Waals surface area contributed by atoms with Gasteiger partial charge in [0, 0.05) is 65.8 Å². The van der Waals surface area contributed by atoms with E-state index < -0.39 is 0 Å². The Morgan fingerprint density at radius 1 is 0.115 bits per heavy atom. The van der Waals surface area contributed by atoms with Gasteiger partial charge in [-0.2, -0.15) is 0 Å². The van der Waals surface area contributed by atoms with Crippen molar-refractivity contribution in [1.82, 2.24) is 18.3 Å². The first-order chi connectivity index (χ1) is 51.7. The molecule has 0 aliphatic carbocycles. The predicted molar refractivity (Wildman–Crippen MR) is 442 cm³/mol. The fourth-order valence-electron chi connectivity index (χ4n) is 17.5. The number of hydrogen-bond donors (Lipinski definition) is 0. The Kier molecular flexibility index (Phi) is 13.6. The molecule has 4 nitrogen and oxygen atoms in total. The van der Waals surface area contributed by atoms with Crippen molar-refractivity contribution in [2.45, 2.75) is 0 Å². The Morgan fingerprint density at radius 3 is 0.567 bits per heavy atom. The lowest BCUT2D eigenvalue weighted by Gasteiger charge is -2.19. The maximum absolute atomic E-state index is 2.41. The molecule has 22 aromatic rings. The minimum absolute atomic E-state index is 1.16. The van der Waals surface area contributed by atoms with Crippen molar-refractivity contribution in [2.75, 3.05) is 0 Å². The largest absolute Gasteiger partial charge is 0.309 e. The Bertz CT molecular complexity index is 6750. The molecule has 4 aromatic heterocycles. The molecule has 0 N–H and O–H groups in total. The highest BCUT2D eigenvalue weighted by Crippen LogP contribution is 2.49. The van der Waals surface area contributed by atoms with E-state index in [1.54, 1.807) is 0 Å². The summed E-state index contributed by atoms with van der Waals surface area (Å²) >= 11 is 0. The molecular formula is C100H64N4. The van der Waals surface area contributed by atoms with Gasteiger partial charge in [-0.1, -0.05) is 291 Å². The zero-order valence-electron chi connectivity index (χ0n) is 56.7. The topological polar surface area (TPSA) is 19.7 Å². The minimum atomic E-state index is 1.16. The summed E-state index contributed by atoms with van der Waals surface area (Å²) in [5.74, 6) is 0. The third kappa shape index (κ3) is 9.19. The van der Waals surface area contributed by atoms with Gasteiger partial charge in [-0.25, -0.2) is 0 Å². The van der Waals surface area contributed by atoms with E-state index in [2.05, 4.69) is 407 Å². The molecule has 0 spiro atoms. The van der Waals surface area contributed by atoms with Crippen LogP contribution in [0.25, 0.3) is 198 Å². The van der Waals surface area contributed by atoms with Crippen LogP contribution in [0.15, 0.2) is 388 Å². The molecular weight excluding hydrogens is 1260 g/mol. The van der Waals surface area contributed by atoms with Crippen molar-refractivity contribution in [1.29, 1.82) is 0 Å². The van der Waals surface area contributed by atoms with E-state index in [1.165, 1.54) is 181 Å². The lowest BCUT2D eigenvalue weighted by molar-refractivity contribution is 1.18. The molecule has 0 saturated carbocycles. The second kappa shape index (κ2) is 24.0. The van der Waals surface area contributed by atoms with Crippen LogP contribution in [-0.4, -0.2) is 18.3 Å². The molecule has 0 bridgehead atoms.